The van der Waals surface area contributed by atoms with E-state index in [0.29, 0.717) is 12.4 Å². The smallest absolute Gasteiger partial charge is 0.234 e. The molecule has 0 fully saturated rings. The Labute approximate surface area is 137 Å². The van der Waals surface area contributed by atoms with Gasteiger partial charge in [0.2, 0.25) is 5.91 Å². The largest absolute Gasteiger partial charge is 0.494 e. The number of carbonyl (C=O) groups excluding carboxylic acids is 2. The normalized spacial score (nSPS) is 10.2. The van der Waals surface area contributed by atoms with Crippen LogP contribution in [-0.4, -0.2) is 29.8 Å². The van der Waals surface area contributed by atoms with Crippen LogP contribution in [0.1, 0.15) is 16.6 Å². The molecule has 0 saturated heterocycles. The molecule has 116 valence electrons. The summed E-state index contributed by atoms with van der Waals surface area (Å²) in [6.45, 7) is 2.53. The molecule has 2 rings (SSSR count). The summed E-state index contributed by atoms with van der Waals surface area (Å²) in [6.07, 6.45) is 0. The van der Waals surface area contributed by atoms with Gasteiger partial charge in [0, 0.05) is 5.69 Å². The fraction of sp³-hybridized carbons (Fsp3) is 0.250. The zero-order chi connectivity index (χ0) is 15.8. The second-order valence-electron chi connectivity index (χ2n) is 4.40. The van der Waals surface area contributed by atoms with Gasteiger partial charge in [-0.2, -0.15) is 0 Å². The highest BCUT2D eigenvalue weighted by Crippen LogP contribution is 2.16. The van der Waals surface area contributed by atoms with Crippen LogP contribution in [0.2, 0.25) is 0 Å². The van der Waals surface area contributed by atoms with Crippen molar-refractivity contribution >= 4 is 40.5 Å². The number of amides is 1. The number of benzene rings is 1. The molecule has 0 unspecified atom stereocenters. The highest BCUT2D eigenvalue weighted by atomic mass is 32.2. The van der Waals surface area contributed by atoms with Crippen LogP contribution in [0.15, 0.2) is 41.8 Å². The summed E-state index contributed by atoms with van der Waals surface area (Å²) in [5, 5.41) is 4.67. The molecule has 1 heterocycles. The lowest BCUT2D eigenvalue weighted by atomic mass is 10.3. The first-order valence-corrected chi connectivity index (χ1v) is 8.89. The zero-order valence-corrected chi connectivity index (χ0v) is 13.8. The highest BCUT2D eigenvalue weighted by Gasteiger charge is 2.09. The number of carbonyl (C=O) groups is 2. The minimum Gasteiger partial charge on any atom is -0.494 e. The number of anilines is 1. The first-order valence-electron chi connectivity index (χ1n) is 6.86. The average molecular weight is 335 g/mol. The van der Waals surface area contributed by atoms with Gasteiger partial charge in [-0.3, -0.25) is 9.59 Å². The minimum atomic E-state index is -0.117. The summed E-state index contributed by atoms with van der Waals surface area (Å²) >= 11 is 2.74. The van der Waals surface area contributed by atoms with Crippen molar-refractivity contribution in [2.24, 2.45) is 0 Å². The molecule has 22 heavy (non-hydrogen) atoms. The van der Waals surface area contributed by atoms with Crippen LogP contribution >= 0.6 is 23.1 Å². The van der Waals surface area contributed by atoms with E-state index in [4.69, 9.17) is 4.74 Å². The van der Waals surface area contributed by atoms with Crippen LogP contribution in [0, 0.1) is 0 Å². The number of Topliss-reactive ketones (excluding diaryl/α,β-unsaturated/α-hetero) is 1. The fourth-order valence-corrected chi connectivity index (χ4v) is 3.20. The Kier molecular flexibility index (Phi) is 6.48. The maximum absolute atomic E-state index is 11.8. The summed E-state index contributed by atoms with van der Waals surface area (Å²) in [4.78, 5) is 24.3. The number of nitrogens with one attached hydrogen (secondary N) is 1. The Morgan fingerprint density at radius 3 is 2.59 bits per heavy atom. The highest BCUT2D eigenvalue weighted by molar-refractivity contribution is 8.00. The molecule has 0 atom stereocenters. The number of hydrogen-bond donors (Lipinski definition) is 1. The molecule has 0 aliphatic carbocycles. The minimum absolute atomic E-state index is 0.0638. The number of thiophene rings is 1. The third-order valence-electron chi connectivity index (χ3n) is 2.71. The van der Waals surface area contributed by atoms with Crippen molar-refractivity contribution in [2.45, 2.75) is 6.92 Å². The summed E-state index contributed by atoms with van der Waals surface area (Å²) in [7, 11) is 0. The predicted molar refractivity (Wildman–Crippen MR) is 92.2 cm³/mol. The number of thioether (sulfide) groups is 1. The zero-order valence-electron chi connectivity index (χ0n) is 12.2. The fourth-order valence-electron chi connectivity index (χ4n) is 1.74. The molecule has 1 N–H and O–H groups in total. The maximum Gasteiger partial charge on any atom is 0.234 e. The van der Waals surface area contributed by atoms with E-state index in [1.165, 1.54) is 23.1 Å². The van der Waals surface area contributed by atoms with Gasteiger partial charge in [0.1, 0.15) is 5.75 Å². The molecule has 0 radical (unpaired) electrons. The lowest BCUT2D eigenvalue weighted by Gasteiger charge is -2.07. The summed E-state index contributed by atoms with van der Waals surface area (Å²) < 4.78 is 5.34. The summed E-state index contributed by atoms with van der Waals surface area (Å²) in [5.41, 5.74) is 0.721. The van der Waals surface area contributed by atoms with Crippen molar-refractivity contribution in [3.05, 3.63) is 46.7 Å². The Bertz CT molecular complexity index is 609. The molecule has 0 spiro atoms. The molecular weight excluding hydrogens is 318 g/mol. The van der Waals surface area contributed by atoms with Gasteiger partial charge in [-0.1, -0.05) is 6.07 Å². The number of hydrogen-bond acceptors (Lipinski definition) is 5. The number of ketones is 1. The van der Waals surface area contributed by atoms with Gasteiger partial charge in [-0.25, -0.2) is 0 Å². The molecule has 6 heteroatoms. The Balaban J connectivity index is 1.72. The maximum atomic E-state index is 11.8. The van der Waals surface area contributed by atoms with E-state index >= 15 is 0 Å². The molecular formula is C16H17NO3S2. The van der Waals surface area contributed by atoms with Crippen molar-refractivity contribution in [1.29, 1.82) is 0 Å². The topological polar surface area (TPSA) is 55.4 Å². The second-order valence-corrected chi connectivity index (χ2v) is 6.33. The Morgan fingerprint density at radius 2 is 1.95 bits per heavy atom. The van der Waals surface area contributed by atoms with Gasteiger partial charge in [-0.05, 0) is 42.6 Å². The standard InChI is InChI=1S/C16H17NO3S2/c1-2-20-13-7-5-12(6-8-13)17-16(19)11-21-10-14(18)15-4-3-9-22-15/h3-9H,2,10-11H2,1H3,(H,17,19). The van der Waals surface area contributed by atoms with E-state index in [9.17, 15) is 9.59 Å². The number of rotatable bonds is 8. The van der Waals surface area contributed by atoms with Crippen molar-refractivity contribution in [3.63, 3.8) is 0 Å². The molecule has 0 aliphatic heterocycles. The molecule has 0 aliphatic rings. The molecule has 2 aromatic rings. The lowest BCUT2D eigenvalue weighted by molar-refractivity contribution is -0.113. The van der Waals surface area contributed by atoms with Crippen LogP contribution in [0.25, 0.3) is 0 Å². The van der Waals surface area contributed by atoms with Gasteiger partial charge >= 0.3 is 0 Å². The SMILES string of the molecule is CCOc1ccc(NC(=O)CSCC(=O)c2cccs2)cc1. The Morgan fingerprint density at radius 1 is 1.18 bits per heavy atom. The van der Waals surface area contributed by atoms with Gasteiger partial charge in [0.15, 0.2) is 5.78 Å². The summed E-state index contributed by atoms with van der Waals surface area (Å²) in [6, 6.07) is 10.9. The van der Waals surface area contributed by atoms with Gasteiger partial charge < -0.3 is 10.1 Å². The van der Waals surface area contributed by atoms with Crippen molar-refractivity contribution in [3.8, 4) is 5.75 Å². The molecule has 1 aromatic heterocycles. The van der Waals surface area contributed by atoms with E-state index in [0.717, 1.165) is 16.3 Å². The van der Waals surface area contributed by atoms with Crippen LogP contribution in [0.3, 0.4) is 0 Å². The van der Waals surface area contributed by atoms with E-state index in [1.54, 1.807) is 18.2 Å². The number of ether oxygens (including phenoxy) is 1. The predicted octanol–water partition coefficient (Wildman–Crippen LogP) is 3.70. The van der Waals surface area contributed by atoms with Gasteiger partial charge in [0.25, 0.3) is 0 Å². The van der Waals surface area contributed by atoms with E-state index in [-0.39, 0.29) is 17.4 Å². The first kappa shape index (κ1) is 16.6. The Hall–Kier alpha value is -1.79. The lowest BCUT2D eigenvalue weighted by Crippen LogP contribution is -2.15. The van der Waals surface area contributed by atoms with Crippen molar-refractivity contribution in [1.82, 2.24) is 0 Å². The van der Waals surface area contributed by atoms with Crippen molar-refractivity contribution < 1.29 is 14.3 Å². The van der Waals surface area contributed by atoms with Crippen LogP contribution in [0.4, 0.5) is 5.69 Å². The van der Waals surface area contributed by atoms with E-state index < -0.39 is 0 Å². The summed E-state index contributed by atoms with van der Waals surface area (Å²) in [5.74, 6) is 1.29. The quantitative estimate of drug-likeness (QED) is 0.747. The van der Waals surface area contributed by atoms with E-state index in [2.05, 4.69) is 5.32 Å². The van der Waals surface area contributed by atoms with E-state index in [1.807, 2.05) is 30.5 Å². The second kappa shape index (κ2) is 8.60. The monoisotopic (exact) mass is 335 g/mol. The third-order valence-corrected chi connectivity index (χ3v) is 4.55. The van der Waals surface area contributed by atoms with Crippen LogP contribution in [0.5, 0.6) is 5.75 Å². The molecule has 0 saturated carbocycles. The van der Waals surface area contributed by atoms with Crippen molar-refractivity contribution in [2.75, 3.05) is 23.4 Å². The molecule has 0 bridgehead atoms. The van der Waals surface area contributed by atoms with Crippen LogP contribution < -0.4 is 10.1 Å². The third kappa shape index (κ3) is 5.20. The molecule has 1 amide bonds. The molecule has 4 nitrogen and oxygen atoms in total. The van der Waals surface area contributed by atoms with Crippen LogP contribution in [-0.2, 0) is 4.79 Å². The first-order chi connectivity index (χ1) is 10.7. The van der Waals surface area contributed by atoms with Gasteiger partial charge in [0.05, 0.1) is 23.0 Å². The average Bonchev–Trinajstić information content (AvgIpc) is 3.04. The molecule has 1 aromatic carbocycles. The van der Waals surface area contributed by atoms with Gasteiger partial charge in [-0.15, -0.1) is 23.1 Å².